The van der Waals surface area contributed by atoms with Crippen molar-refractivity contribution in [3.8, 4) is 0 Å². The van der Waals surface area contributed by atoms with Crippen molar-refractivity contribution in [2.75, 3.05) is 26.2 Å². The van der Waals surface area contributed by atoms with Crippen molar-refractivity contribution < 1.29 is 13.9 Å². The number of piperidine rings is 1. The van der Waals surface area contributed by atoms with E-state index in [2.05, 4.69) is 46.2 Å². The smallest absolute Gasteiger partial charge is 0.226 e. The average molecular weight is 409 g/mol. The zero-order valence-electron chi connectivity index (χ0n) is 17.7. The van der Waals surface area contributed by atoms with E-state index in [0.717, 1.165) is 83.0 Å². The fraction of sp³-hybridized carbons (Fsp3) is 0.560. The highest BCUT2D eigenvalue weighted by Gasteiger charge is 2.30. The molecule has 5 nitrogen and oxygen atoms in total. The van der Waals surface area contributed by atoms with Crippen LogP contribution < -0.4 is 0 Å². The molecule has 2 saturated heterocycles. The summed E-state index contributed by atoms with van der Waals surface area (Å²) in [6.45, 7) is 5.20. The highest BCUT2D eigenvalue weighted by atomic mass is 16.5. The molecule has 0 radical (unpaired) electrons. The van der Waals surface area contributed by atoms with Crippen LogP contribution in [0.25, 0.3) is 0 Å². The maximum Gasteiger partial charge on any atom is 0.226 e. The Kier molecular flexibility index (Phi) is 5.91. The third-order valence-electron chi connectivity index (χ3n) is 6.94. The van der Waals surface area contributed by atoms with Gasteiger partial charge < -0.3 is 14.1 Å². The number of furan rings is 1. The Hall–Kier alpha value is -2.11. The van der Waals surface area contributed by atoms with E-state index in [9.17, 15) is 4.79 Å². The van der Waals surface area contributed by atoms with Gasteiger partial charge in [-0.2, -0.15) is 0 Å². The maximum atomic E-state index is 13.1. The molecule has 3 aliphatic heterocycles. The van der Waals surface area contributed by atoms with Crippen LogP contribution in [-0.4, -0.2) is 41.9 Å². The average Bonchev–Trinajstić information content (AvgIpc) is 3.28. The molecule has 0 spiro atoms. The molecule has 0 aliphatic carbocycles. The van der Waals surface area contributed by atoms with Crippen LogP contribution in [0, 0.1) is 5.92 Å². The lowest BCUT2D eigenvalue weighted by Crippen LogP contribution is -2.44. The number of likely N-dealkylation sites (tertiary alicyclic amines) is 1. The monoisotopic (exact) mass is 408 g/mol. The van der Waals surface area contributed by atoms with E-state index in [0.29, 0.717) is 5.91 Å². The molecule has 1 aromatic heterocycles. The predicted molar refractivity (Wildman–Crippen MR) is 115 cm³/mol. The number of nitrogens with zero attached hydrogens (tertiary/aromatic N) is 2. The van der Waals surface area contributed by atoms with Gasteiger partial charge in [-0.05, 0) is 74.9 Å². The second kappa shape index (κ2) is 8.94. The summed E-state index contributed by atoms with van der Waals surface area (Å²) >= 11 is 0. The Balaban J connectivity index is 1.12. The third kappa shape index (κ3) is 4.33. The molecule has 4 heterocycles. The van der Waals surface area contributed by atoms with Crippen molar-refractivity contribution in [3.05, 3.63) is 59.0 Å². The fourth-order valence-corrected chi connectivity index (χ4v) is 5.12. The maximum absolute atomic E-state index is 13.1. The van der Waals surface area contributed by atoms with E-state index in [1.54, 1.807) is 0 Å². The summed E-state index contributed by atoms with van der Waals surface area (Å²) in [7, 11) is 0. The van der Waals surface area contributed by atoms with Crippen molar-refractivity contribution in [2.24, 2.45) is 5.92 Å². The van der Waals surface area contributed by atoms with E-state index in [1.807, 2.05) is 0 Å². The number of ether oxygens (including phenoxy) is 1. The first kappa shape index (κ1) is 19.8. The van der Waals surface area contributed by atoms with Crippen molar-refractivity contribution in [1.82, 2.24) is 9.80 Å². The number of fused-ring (bicyclic) bond motifs is 1. The second-order valence-corrected chi connectivity index (χ2v) is 8.99. The van der Waals surface area contributed by atoms with Gasteiger partial charge in [0.05, 0.1) is 6.54 Å². The van der Waals surface area contributed by atoms with Crippen LogP contribution in [0.4, 0.5) is 0 Å². The first-order chi connectivity index (χ1) is 14.8. The van der Waals surface area contributed by atoms with Gasteiger partial charge in [-0.15, -0.1) is 0 Å². The standard InChI is InChI=1S/C25H32N2O3/c28-25(27-15-12-19-5-1-2-6-21(19)17-27)20-10-13-26(14-11-20)18-22-8-9-24(30-22)23-7-3-4-16-29-23/h1-2,5-6,8-9,20,23H,3-4,7,10-18H2. The summed E-state index contributed by atoms with van der Waals surface area (Å²) in [4.78, 5) is 17.6. The molecule has 1 atom stereocenters. The minimum atomic E-state index is 0.130. The molecule has 1 amide bonds. The molecular formula is C25H32N2O3. The Bertz CT molecular complexity index is 863. The van der Waals surface area contributed by atoms with E-state index >= 15 is 0 Å². The lowest BCUT2D eigenvalue weighted by molar-refractivity contribution is -0.138. The van der Waals surface area contributed by atoms with Gasteiger partial charge in [0.1, 0.15) is 17.6 Å². The lowest BCUT2D eigenvalue weighted by Gasteiger charge is -2.36. The summed E-state index contributed by atoms with van der Waals surface area (Å²) < 4.78 is 11.9. The fourth-order valence-electron chi connectivity index (χ4n) is 5.12. The van der Waals surface area contributed by atoms with Crippen LogP contribution in [0.1, 0.15) is 60.9 Å². The van der Waals surface area contributed by atoms with Gasteiger partial charge in [-0.1, -0.05) is 24.3 Å². The van der Waals surface area contributed by atoms with Gasteiger partial charge in [0.2, 0.25) is 5.91 Å². The Morgan fingerprint density at radius 2 is 1.80 bits per heavy atom. The summed E-state index contributed by atoms with van der Waals surface area (Å²) in [6, 6.07) is 12.7. The number of hydrogen-bond donors (Lipinski definition) is 0. The molecule has 160 valence electrons. The van der Waals surface area contributed by atoms with E-state index in [-0.39, 0.29) is 12.0 Å². The minimum Gasteiger partial charge on any atom is -0.462 e. The third-order valence-corrected chi connectivity index (χ3v) is 6.94. The number of benzene rings is 1. The topological polar surface area (TPSA) is 45.9 Å². The van der Waals surface area contributed by atoms with E-state index in [4.69, 9.17) is 9.15 Å². The summed E-state index contributed by atoms with van der Waals surface area (Å²) in [5.74, 6) is 2.49. The highest BCUT2D eigenvalue weighted by molar-refractivity contribution is 5.79. The van der Waals surface area contributed by atoms with Crippen LogP contribution in [0.15, 0.2) is 40.8 Å². The van der Waals surface area contributed by atoms with Crippen LogP contribution in [-0.2, 0) is 29.0 Å². The number of amides is 1. The first-order valence-electron chi connectivity index (χ1n) is 11.5. The number of carbonyl (C=O) groups is 1. The zero-order valence-corrected chi connectivity index (χ0v) is 17.7. The van der Waals surface area contributed by atoms with Crippen LogP contribution in [0.5, 0.6) is 0 Å². The molecule has 5 heteroatoms. The molecule has 2 aromatic rings. The summed E-state index contributed by atoms with van der Waals surface area (Å²) in [5.41, 5.74) is 2.71. The minimum absolute atomic E-state index is 0.130. The van der Waals surface area contributed by atoms with Gasteiger partial charge in [-0.3, -0.25) is 9.69 Å². The molecule has 0 bridgehead atoms. The summed E-state index contributed by atoms with van der Waals surface area (Å²) in [6.07, 6.45) is 6.41. The Morgan fingerprint density at radius 3 is 2.60 bits per heavy atom. The zero-order chi connectivity index (χ0) is 20.3. The van der Waals surface area contributed by atoms with Crippen LogP contribution in [0.2, 0.25) is 0 Å². The normalized spacial score (nSPS) is 23.3. The van der Waals surface area contributed by atoms with Crippen LogP contribution >= 0.6 is 0 Å². The second-order valence-electron chi connectivity index (χ2n) is 8.99. The Morgan fingerprint density at radius 1 is 0.967 bits per heavy atom. The van der Waals surface area contributed by atoms with Crippen molar-refractivity contribution >= 4 is 5.91 Å². The van der Waals surface area contributed by atoms with Gasteiger partial charge in [0, 0.05) is 25.6 Å². The predicted octanol–water partition coefficient (Wildman–Crippen LogP) is 4.32. The lowest BCUT2D eigenvalue weighted by atomic mass is 9.93. The molecule has 0 saturated carbocycles. The molecule has 2 fully saturated rings. The van der Waals surface area contributed by atoms with Gasteiger partial charge in [0.25, 0.3) is 0 Å². The van der Waals surface area contributed by atoms with Gasteiger partial charge in [0.15, 0.2) is 0 Å². The van der Waals surface area contributed by atoms with Gasteiger partial charge >= 0.3 is 0 Å². The summed E-state index contributed by atoms with van der Waals surface area (Å²) in [5, 5.41) is 0. The van der Waals surface area contributed by atoms with Crippen molar-refractivity contribution in [2.45, 2.75) is 57.7 Å². The SMILES string of the molecule is O=C(C1CCN(Cc2ccc(C3CCCCO3)o2)CC1)N1CCc2ccccc2C1. The van der Waals surface area contributed by atoms with E-state index < -0.39 is 0 Å². The van der Waals surface area contributed by atoms with Crippen molar-refractivity contribution in [3.63, 3.8) is 0 Å². The highest BCUT2D eigenvalue weighted by Crippen LogP contribution is 2.30. The quantitative estimate of drug-likeness (QED) is 0.756. The molecule has 1 aromatic carbocycles. The van der Waals surface area contributed by atoms with Crippen LogP contribution in [0.3, 0.4) is 0 Å². The molecule has 0 N–H and O–H groups in total. The largest absolute Gasteiger partial charge is 0.462 e. The molecule has 3 aliphatic rings. The molecular weight excluding hydrogens is 376 g/mol. The van der Waals surface area contributed by atoms with Crippen molar-refractivity contribution in [1.29, 1.82) is 0 Å². The number of hydrogen-bond acceptors (Lipinski definition) is 4. The van der Waals surface area contributed by atoms with Gasteiger partial charge in [-0.25, -0.2) is 0 Å². The first-order valence-corrected chi connectivity index (χ1v) is 11.5. The number of carbonyl (C=O) groups excluding carboxylic acids is 1. The number of rotatable bonds is 4. The Labute approximate surface area is 179 Å². The molecule has 5 rings (SSSR count). The van der Waals surface area contributed by atoms with E-state index in [1.165, 1.54) is 17.5 Å². The molecule has 30 heavy (non-hydrogen) atoms. The molecule has 1 unspecified atom stereocenters.